The maximum absolute atomic E-state index is 12.3. The highest BCUT2D eigenvalue weighted by Gasteiger charge is 2.35. The molecule has 3 aromatic heterocycles. The highest BCUT2D eigenvalue weighted by Crippen LogP contribution is 2.31. The SMILES string of the molecule is O=C1C[C@@H](c2nc(-c3cc4ccccc4o3)no2)CN1Cc1ccco1. The number of hydrogen-bond donors (Lipinski definition) is 0. The van der Waals surface area contributed by atoms with Crippen molar-refractivity contribution >= 4 is 16.9 Å². The molecule has 1 aliphatic rings. The van der Waals surface area contributed by atoms with Crippen molar-refractivity contribution in [2.75, 3.05) is 6.54 Å². The van der Waals surface area contributed by atoms with Gasteiger partial charge in [-0.3, -0.25) is 4.79 Å². The summed E-state index contributed by atoms with van der Waals surface area (Å²) >= 11 is 0. The van der Waals surface area contributed by atoms with E-state index in [-0.39, 0.29) is 11.8 Å². The normalized spacial score (nSPS) is 17.5. The number of benzene rings is 1. The highest BCUT2D eigenvalue weighted by molar-refractivity contribution is 5.81. The number of likely N-dealkylation sites (tertiary alicyclic amines) is 1. The Kier molecular flexibility index (Phi) is 3.38. The predicted molar refractivity (Wildman–Crippen MR) is 91.0 cm³/mol. The molecule has 4 aromatic rings. The molecule has 1 aliphatic heterocycles. The Balaban J connectivity index is 1.36. The molecule has 7 nitrogen and oxygen atoms in total. The van der Waals surface area contributed by atoms with Crippen LogP contribution in [0.2, 0.25) is 0 Å². The Morgan fingerprint density at radius 3 is 2.96 bits per heavy atom. The number of para-hydroxylation sites is 1. The number of furan rings is 2. The molecule has 26 heavy (non-hydrogen) atoms. The van der Waals surface area contributed by atoms with Gasteiger partial charge in [0.15, 0.2) is 5.76 Å². The molecule has 0 saturated carbocycles. The molecular weight excluding hydrogens is 334 g/mol. The summed E-state index contributed by atoms with van der Waals surface area (Å²) in [5.41, 5.74) is 0.773. The van der Waals surface area contributed by atoms with E-state index >= 15 is 0 Å². The van der Waals surface area contributed by atoms with Crippen molar-refractivity contribution < 1.29 is 18.2 Å². The topological polar surface area (TPSA) is 85.5 Å². The molecular formula is C19H15N3O4. The minimum absolute atomic E-state index is 0.0508. The first-order valence-electron chi connectivity index (χ1n) is 8.39. The highest BCUT2D eigenvalue weighted by atomic mass is 16.5. The first kappa shape index (κ1) is 14.9. The quantitative estimate of drug-likeness (QED) is 0.560. The van der Waals surface area contributed by atoms with Crippen LogP contribution in [0.4, 0.5) is 0 Å². The Bertz CT molecular complexity index is 1030. The van der Waals surface area contributed by atoms with Crippen molar-refractivity contribution in [2.24, 2.45) is 0 Å². The van der Waals surface area contributed by atoms with Gasteiger partial charge < -0.3 is 18.3 Å². The fraction of sp³-hybridized carbons (Fsp3) is 0.211. The molecule has 7 heteroatoms. The summed E-state index contributed by atoms with van der Waals surface area (Å²) in [5.74, 6) is 2.09. The van der Waals surface area contributed by atoms with Gasteiger partial charge in [0.05, 0.1) is 18.7 Å². The van der Waals surface area contributed by atoms with Crippen LogP contribution in [-0.2, 0) is 11.3 Å². The van der Waals surface area contributed by atoms with E-state index < -0.39 is 0 Å². The second-order valence-corrected chi connectivity index (χ2v) is 6.36. The van der Waals surface area contributed by atoms with Crippen LogP contribution in [-0.4, -0.2) is 27.5 Å². The lowest BCUT2D eigenvalue weighted by atomic mass is 10.1. The van der Waals surface area contributed by atoms with E-state index in [1.807, 2.05) is 42.5 Å². The average molecular weight is 349 g/mol. The zero-order chi connectivity index (χ0) is 17.5. The van der Waals surface area contributed by atoms with Crippen molar-refractivity contribution in [1.29, 1.82) is 0 Å². The molecule has 1 atom stereocenters. The standard InChI is InChI=1S/C19H15N3O4/c23-17-9-13(10-22(17)11-14-5-3-7-24-14)19-20-18(21-26-19)16-8-12-4-1-2-6-15(12)25-16/h1-8,13H,9-11H2/t13-/m1/s1. The van der Waals surface area contributed by atoms with Crippen LogP contribution in [0.3, 0.4) is 0 Å². The van der Waals surface area contributed by atoms with Crippen LogP contribution >= 0.6 is 0 Å². The minimum atomic E-state index is -0.122. The van der Waals surface area contributed by atoms with Crippen molar-refractivity contribution in [3.05, 3.63) is 60.4 Å². The summed E-state index contributed by atoms with van der Waals surface area (Å²) in [4.78, 5) is 18.4. The van der Waals surface area contributed by atoms with Crippen molar-refractivity contribution in [2.45, 2.75) is 18.9 Å². The van der Waals surface area contributed by atoms with Crippen LogP contribution in [0.15, 0.2) is 62.1 Å². The van der Waals surface area contributed by atoms with Crippen LogP contribution in [0, 0.1) is 0 Å². The van der Waals surface area contributed by atoms with E-state index in [4.69, 9.17) is 13.4 Å². The Labute approximate surface area is 148 Å². The zero-order valence-corrected chi connectivity index (χ0v) is 13.8. The molecule has 0 aliphatic carbocycles. The van der Waals surface area contributed by atoms with Crippen molar-refractivity contribution in [1.82, 2.24) is 15.0 Å². The van der Waals surface area contributed by atoms with Gasteiger partial charge in [-0.15, -0.1) is 0 Å². The third-order valence-electron chi connectivity index (χ3n) is 4.58. The predicted octanol–water partition coefficient (Wildman–Crippen LogP) is 3.59. The largest absolute Gasteiger partial charge is 0.467 e. The lowest BCUT2D eigenvalue weighted by Crippen LogP contribution is -2.24. The van der Waals surface area contributed by atoms with Crippen LogP contribution in [0.1, 0.15) is 24.0 Å². The van der Waals surface area contributed by atoms with E-state index in [2.05, 4.69) is 10.1 Å². The third-order valence-corrected chi connectivity index (χ3v) is 4.58. The monoisotopic (exact) mass is 349 g/mol. The maximum atomic E-state index is 12.3. The van der Waals surface area contributed by atoms with E-state index in [1.54, 1.807) is 11.2 Å². The maximum Gasteiger partial charge on any atom is 0.238 e. The van der Waals surface area contributed by atoms with Gasteiger partial charge in [-0.25, -0.2) is 0 Å². The number of nitrogens with zero attached hydrogens (tertiary/aromatic N) is 3. The van der Waals surface area contributed by atoms with Gasteiger partial charge in [-0.1, -0.05) is 23.4 Å². The molecule has 0 bridgehead atoms. The number of carbonyl (C=O) groups is 1. The Morgan fingerprint density at radius 1 is 1.19 bits per heavy atom. The van der Waals surface area contributed by atoms with Gasteiger partial charge in [0.25, 0.3) is 0 Å². The summed E-state index contributed by atoms with van der Waals surface area (Å²) < 4.78 is 16.5. The molecule has 0 unspecified atom stereocenters. The molecule has 130 valence electrons. The summed E-state index contributed by atoms with van der Waals surface area (Å²) in [6.45, 7) is 0.980. The summed E-state index contributed by atoms with van der Waals surface area (Å²) in [6.07, 6.45) is 1.95. The van der Waals surface area contributed by atoms with E-state index in [0.29, 0.717) is 37.0 Å². The third kappa shape index (κ3) is 2.57. The van der Waals surface area contributed by atoms with E-state index in [0.717, 1.165) is 16.7 Å². The fourth-order valence-electron chi connectivity index (χ4n) is 3.27. The molecule has 1 amide bonds. The Morgan fingerprint density at radius 2 is 2.12 bits per heavy atom. The van der Waals surface area contributed by atoms with Gasteiger partial charge in [0, 0.05) is 18.4 Å². The second kappa shape index (κ2) is 5.87. The van der Waals surface area contributed by atoms with E-state index in [9.17, 15) is 4.79 Å². The average Bonchev–Trinajstić information content (AvgIpc) is 3.42. The minimum Gasteiger partial charge on any atom is -0.467 e. The number of aromatic nitrogens is 2. The summed E-state index contributed by atoms with van der Waals surface area (Å²) in [7, 11) is 0. The van der Waals surface area contributed by atoms with Gasteiger partial charge in [0.2, 0.25) is 17.6 Å². The second-order valence-electron chi connectivity index (χ2n) is 6.36. The lowest BCUT2D eigenvalue weighted by molar-refractivity contribution is -0.128. The van der Waals surface area contributed by atoms with Crippen molar-refractivity contribution in [3.8, 4) is 11.6 Å². The molecule has 5 rings (SSSR count). The zero-order valence-electron chi connectivity index (χ0n) is 13.8. The molecule has 0 N–H and O–H groups in total. The molecule has 1 aromatic carbocycles. The molecule has 1 saturated heterocycles. The number of carbonyl (C=O) groups excluding carboxylic acids is 1. The van der Waals surface area contributed by atoms with Gasteiger partial charge in [0.1, 0.15) is 11.3 Å². The van der Waals surface area contributed by atoms with Crippen LogP contribution < -0.4 is 0 Å². The molecule has 4 heterocycles. The molecule has 0 radical (unpaired) electrons. The molecule has 1 fully saturated rings. The number of hydrogen-bond acceptors (Lipinski definition) is 6. The first-order chi connectivity index (χ1) is 12.8. The van der Waals surface area contributed by atoms with Crippen LogP contribution in [0.25, 0.3) is 22.6 Å². The van der Waals surface area contributed by atoms with Crippen LogP contribution in [0.5, 0.6) is 0 Å². The lowest BCUT2D eigenvalue weighted by Gasteiger charge is -2.13. The Hall–Kier alpha value is -3.35. The van der Waals surface area contributed by atoms with Gasteiger partial charge >= 0.3 is 0 Å². The molecule has 0 spiro atoms. The fourth-order valence-corrected chi connectivity index (χ4v) is 3.27. The number of amides is 1. The summed E-state index contributed by atoms with van der Waals surface area (Å²) in [6, 6.07) is 13.3. The smallest absolute Gasteiger partial charge is 0.238 e. The number of fused-ring (bicyclic) bond motifs is 1. The first-order valence-corrected chi connectivity index (χ1v) is 8.39. The van der Waals surface area contributed by atoms with E-state index in [1.165, 1.54) is 0 Å². The number of rotatable bonds is 4. The van der Waals surface area contributed by atoms with Gasteiger partial charge in [-0.05, 0) is 24.3 Å². The van der Waals surface area contributed by atoms with Gasteiger partial charge in [-0.2, -0.15) is 4.98 Å². The summed E-state index contributed by atoms with van der Waals surface area (Å²) in [5, 5.41) is 5.00. The van der Waals surface area contributed by atoms with Crippen molar-refractivity contribution in [3.63, 3.8) is 0 Å².